The summed E-state index contributed by atoms with van der Waals surface area (Å²) in [5.41, 5.74) is 6.27. The molecule has 1 heterocycles. The predicted octanol–water partition coefficient (Wildman–Crippen LogP) is 1.86. The first-order chi connectivity index (χ1) is 7.65. The van der Waals surface area contributed by atoms with E-state index < -0.39 is 0 Å². The second-order valence-corrected chi connectivity index (χ2v) is 5.18. The van der Waals surface area contributed by atoms with Crippen molar-refractivity contribution in [1.82, 2.24) is 4.90 Å². The van der Waals surface area contributed by atoms with E-state index in [1.54, 1.807) is 0 Å². The minimum Gasteiger partial charge on any atom is -0.377 e. The largest absolute Gasteiger partial charge is 0.377 e. The van der Waals surface area contributed by atoms with E-state index in [0.29, 0.717) is 11.5 Å². The van der Waals surface area contributed by atoms with Gasteiger partial charge in [0.1, 0.15) is 0 Å². The van der Waals surface area contributed by atoms with Crippen molar-refractivity contribution in [1.29, 1.82) is 0 Å². The lowest BCUT2D eigenvalue weighted by Crippen LogP contribution is -2.44. The predicted molar refractivity (Wildman–Crippen MR) is 68.5 cm³/mol. The standard InChI is InChI=1S/C13H28N2O/c1-4-13(5-2,10-14)11-15-7-6-8-16-12(3)9-15/h12H,4-11,14H2,1-3H3. The first-order valence-electron chi connectivity index (χ1n) is 6.70. The third kappa shape index (κ3) is 3.72. The van der Waals surface area contributed by atoms with Gasteiger partial charge in [-0.2, -0.15) is 0 Å². The third-order valence-electron chi connectivity index (χ3n) is 4.03. The van der Waals surface area contributed by atoms with Crippen LogP contribution in [-0.4, -0.2) is 43.8 Å². The van der Waals surface area contributed by atoms with E-state index in [4.69, 9.17) is 10.5 Å². The van der Waals surface area contributed by atoms with Crippen molar-refractivity contribution in [2.24, 2.45) is 11.1 Å². The molecule has 0 radical (unpaired) electrons. The zero-order valence-corrected chi connectivity index (χ0v) is 11.2. The molecule has 0 spiro atoms. The maximum atomic E-state index is 5.96. The molecule has 1 aliphatic rings. The molecule has 1 rings (SSSR count). The summed E-state index contributed by atoms with van der Waals surface area (Å²) in [5, 5.41) is 0. The van der Waals surface area contributed by atoms with E-state index >= 15 is 0 Å². The minimum absolute atomic E-state index is 0.310. The first kappa shape index (κ1) is 13.9. The molecule has 0 saturated carbocycles. The van der Waals surface area contributed by atoms with Crippen LogP contribution in [0.5, 0.6) is 0 Å². The fourth-order valence-corrected chi connectivity index (χ4v) is 2.53. The highest BCUT2D eigenvalue weighted by atomic mass is 16.5. The highest BCUT2D eigenvalue weighted by molar-refractivity contribution is 4.82. The van der Waals surface area contributed by atoms with Gasteiger partial charge in [-0.25, -0.2) is 0 Å². The number of hydrogen-bond acceptors (Lipinski definition) is 3. The summed E-state index contributed by atoms with van der Waals surface area (Å²) in [6.07, 6.45) is 3.86. The lowest BCUT2D eigenvalue weighted by Gasteiger charge is -2.36. The van der Waals surface area contributed by atoms with Crippen molar-refractivity contribution in [3.8, 4) is 0 Å². The van der Waals surface area contributed by atoms with Crippen molar-refractivity contribution in [2.75, 3.05) is 32.8 Å². The summed E-state index contributed by atoms with van der Waals surface area (Å²) < 4.78 is 5.68. The van der Waals surface area contributed by atoms with E-state index in [1.165, 1.54) is 12.8 Å². The molecule has 1 atom stereocenters. The van der Waals surface area contributed by atoms with Crippen LogP contribution in [0.1, 0.15) is 40.0 Å². The zero-order chi connectivity index (χ0) is 12.0. The normalized spacial score (nSPS) is 24.4. The summed E-state index contributed by atoms with van der Waals surface area (Å²) >= 11 is 0. The Labute approximate surface area is 100 Å². The molecule has 96 valence electrons. The number of rotatable bonds is 5. The molecule has 0 bridgehead atoms. The highest BCUT2D eigenvalue weighted by Crippen LogP contribution is 2.26. The molecule has 1 aliphatic heterocycles. The Morgan fingerprint density at radius 1 is 1.38 bits per heavy atom. The van der Waals surface area contributed by atoms with Crippen molar-refractivity contribution in [3.05, 3.63) is 0 Å². The lowest BCUT2D eigenvalue weighted by molar-refractivity contribution is 0.0583. The molecule has 0 amide bonds. The van der Waals surface area contributed by atoms with Crippen LogP contribution >= 0.6 is 0 Å². The van der Waals surface area contributed by atoms with E-state index in [2.05, 4.69) is 25.7 Å². The number of nitrogens with zero attached hydrogens (tertiary/aromatic N) is 1. The summed E-state index contributed by atoms with van der Waals surface area (Å²) in [6, 6.07) is 0. The van der Waals surface area contributed by atoms with Gasteiger partial charge in [0.05, 0.1) is 6.10 Å². The molecule has 3 heteroatoms. The second kappa shape index (κ2) is 6.58. The summed E-state index contributed by atoms with van der Waals surface area (Å²) in [7, 11) is 0. The summed E-state index contributed by atoms with van der Waals surface area (Å²) in [6.45, 7) is 11.7. The molecule has 1 unspecified atom stereocenters. The average Bonchev–Trinajstić information content (AvgIpc) is 2.50. The molecule has 1 saturated heterocycles. The molecular formula is C13H28N2O. The quantitative estimate of drug-likeness (QED) is 0.780. The van der Waals surface area contributed by atoms with Crippen molar-refractivity contribution in [3.63, 3.8) is 0 Å². The molecule has 2 N–H and O–H groups in total. The maximum Gasteiger partial charge on any atom is 0.0673 e. The Kier molecular flexibility index (Phi) is 5.73. The molecule has 1 fully saturated rings. The van der Waals surface area contributed by atoms with Gasteiger partial charge in [0.2, 0.25) is 0 Å². The van der Waals surface area contributed by atoms with Crippen LogP contribution < -0.4 is 5.73 Å². The summed E-state index contributed by atoms with van der Waals surface area (Å²) in [4.78, 5) is 2.54. The average molecular weight is 228 g/mol. The fraction of sp³-hybridized carbons (Fsp3) is 1.00. The Bertz CT molecular complexity index is 184. The number of ether oxygens (including phenoxy) is 1. The molecule has 0 aromatic heterocycles. The van der Waals surface area contributed by atoms with E-state index in [-0.39, 0.29) is 0 Å². The number of nitrogens with two attached hydrogens (primary N) is 1. The van der Waals surface area contributed by atoms with Crippen LogP contribution in [0, 0.1) is 5.41 Å². The monoisotopic (exact) mass is 228 g/mol. The Morgan fingerprint density at radius 3 is 2.62 bits per heavy atom. The van der Waals surface area contributed by atoms with Gasteiger partial charge in [-0.3, -0.25) is 0 Å². The van der Waals surface area contributed by atoms with E-state index in [0.717, 1.165) is 39.2 Å². The van der Waals surface area contributed by atoms with Crippen LogP contribution in [0.4, 0.5) is 0 Å². The van der Waals surface area contributed by atoms with E-state index in [1.807, 2.05) is 0 Å². The smallest absolute Gasteiger partial charge is 0.0673 e. The van der Waals surface area contributed by atoms with Crippen molar-refractivity contribution >= 4 is 0 Å². The molecular weight excluding hydrogens is 200 g/mol. The lowest BCUT2D eigenvalue weighted by atomic mass is 9.82. The van der Waals surface area contributed by atoms with Gasteiger partial charge in [0.25, 0.3) is 0 Å². The third-order valence-corrected chi connectivity index (χ3v) is 4.03. The topological polar surface area (TPSA) is 38.5 Å². The Balaban J connectivity index is 2.55. The van der Waals surface area contributed by atoms with Crippen LogP contribution in [0.2, 0.25) is 0 Å². The van der Waals surface area contributed by atoms with Gasteiger partial charge >= 0.3 is 0 Å². The maximum absolute atomic E-state index is 5.96. The fourth-order valence-electron chi connectivity index (χ4n) is 2.53. The Hall–Kier alpha value is -0.120. The van der Waals surface area contributed by atoms with Crippen LogP contribution in [0.15, 0.2) is 0 Å². The van der Waals surface area contributed by atoms with Crippen LogP contribution in [-0.2, 0) is 4.74 Å². The van der Waals surface area contributed by atoms with Gasteiger partial charge < -0.3 is 15.4 Å². The van der Waals surface area contributed by atoms with Gasteiger partial charge in [0, 0.05) is 26.2 Å². The van der Waals surface area contributed by atoms with Gasteiger partial charge in [-0.1, -0.05) is 13.8 Å². The van der Waals surface area contributed by atoms with Gasteiger partial charge in [0.15, 0.2) is 0 Å². The van der Waals surface area contributed by atoms with Crippen LogP contribution in [0.25, 0.3) is 0 Å². The van der Waals surface area contributed by atoms with Gasteiger partial charge in [-0.05, 0) is 38.1 Å². The van der Waals surface area contributed by atoms with Gasteiger partial charge in [-0.15, -0.1) is 0 Å². The Morgan fingerprint density at radius 2 is 2.06 bits per heavy atom. The first-order valence-corrected chi connectivity index (χ1v) is 6.70. The molecule has 0 aromatic carbocycles. The number of hydrogen-bond donors (Lipinski definition) is 1. The minimum atomic E-state index is 0.310. The van der Waals surface area contributed by atoms with E-state index in [9.17, 15) is 0 Å². The molecule has 16 heavy (non-hydrogen) atoms. The van der Waals surface area contributed by atoms with Crippen LogP contribution in [0.3, 0.4) is 0 Å². The van der Waals surface area contributed by atoms with Crippen molar-refractivity contribution in [2.45, 2.75) is 46.1 Å². The molecule has 0 aromatic rings. The molecule has 3 nitrogen and oxygen atoms in total. The SMILES string of the molecule is CCC(CC)(CN)CN1CCCOC(C)C1. The second-order valence-electron chi connectivity index (χ2n) is 5.18. The van der Waals surface area contributed by atoms with Crippen molar-refractivity contribution < 1.29 is 4.74 Å². The summed E-state index contributed by atoms with van der Waals surface area (Å²) in [5.74, 6) is 0. The zero-order valence-electron chi connectivity index (χ0n) is 11.2. The highest BCUT2D eigenvalue weighted by Gasteiger charge is 2.28. The molecule has 0 aliphatic carbocycles.